The van der Waals surface area contributed by atoms with Crippen LogP contribution in [0.1, 0.15) is 10.5 Å². The van der Waals surface area contributed by atoms with E-state index in [4.69, 9.17) is 4.74 Å². The number of carboxylic acids is 1. The summed E-state index contributed by atoms with van der Waals surface area (Å²) in [5.74, 6) is 0.354. The number of anilines is 2. The van der Waals surface area contributed by atoms with Crippen molar-refractivity contribution in [3.8, 4) is 5.75 Å². The second-order valence-corrected chi connectivity index (χ2v) is 5.49. The lowest BCUT2D eigenvalue weighted by Gasteiger charge is -2.10. The third-order valence-electron chi connectivity index (χ3n) is 3.97. The second-order valence-electron chi connectivity index (χ2n) is 5.49. The van der Waals surface area contributed by atoms with Crippen molar-refractivity contribution in [3.63, 3.8) is 0 Å². The Morgan fingerprint density at radius 3 is 2.68 bits per heavy atom. The van der Waals surface area contributed by atoms with Gasteiger partial charge in [0.1, 0.15) is 22.9 Å². The Hall–Kier alpha value is -3.61. The van der Waals surface area contributed by atoms with Crippen LogP contribution in [-0.4, -0.2) is 33.1 Å². The van der Waals surface area contributed by atoms with Crippen LogP contribution in [-0.2, 0) is 0 Å². The third kappa shape index (κ3) is 2.61. The first kappa shape index (κ1) is 14.9. The minimum Gasteiger partial charge on any atom is -0.497 e. The van der Waals surface area contributed by atoms with E-state index in [1.165, 1.54) is 0 Å². The van der Waals surface area contributed by atoms with Gasteiger partial charge in [-0.2, -0.15) is 0 Å². The molecule has 3 aromatic heterocycles. The summed E-state index contributed by atoms with van der Waals surface area (Å²) in [6.45, 7) is 0. The summed E-state index contributed by atoms with van der Waals surface area (Å²) in [5.41, 5.74) is 1.43. The fourth-order valence-electron chi connectivity index (χ4n) is 2.75. The SMILES string of the molecule is COc1ccc(Nc2nc3[nH]c(C(=O)O)cc3c3cnccc23)cc1. The largest absolute Gasteiger partial charge is 0.497 e. The molecule has 3 heterocycles. The van der Waals surface area contributed by atoms with E-state index in [-0.39, 0.29) is 5.69 Å². The van der Waals surface area contributed by atoms with E-state index < -0.39 is 5.97 Å². The van der Waals surface area contributed by atoms with Gasteiger partial charge in [-0.1, -0.05) is 0 Å². The number of aromatic carboxylic acids is 1. The molecule has 0 saturated heterocycles. The molecule has 4 rings (SSSR count). The van der Waals surface area contributed by atoms with Crippen molar-refractivity contribution in [1.82, 2.24) is 15.0 Å². The highest BCUT2D eigenvalue weighted by Crippen LogP contribution is 2.31. The number of ether oxygens (including phenoxy) is 1. The molecule has 7 heteroatoms. The van der Waals surface area contributed by atoms with Gasteiger partial charge in [-0.25, -0.2) is 9.78 Å². The van der Waals surface area contributed by atoms with Gasteiger partial charge < -0.3 is 20.1 Å². The zero-order valence-corrected chi connectivity index (χ0v) is 13.3. The van der Waals surface area contributed by atoms with Crippen LogP contribution in [0.4, 0.5) is 11.5 Å². The van der Waals surface area contributed by atoms with Crippen LogP contribution < -0.4 is 10.1 Å². The van der Waals surface area contributed by atoms with Crippen molar-refractivity contribution < 1.29 is 14.6 Å². The molecule has 0 amide bonds. The average molecular weight is 334 g/mol. The monoisotopic (exact) mass is 334 g/mol. The zero-order valence-electron chi connectivity index (χ0n) is 13.3. The van der Waals surface area contributed by atoms with E-state index >= 15 is 0 Å². The molecule has 0 radical (unpaired) electrons. The van der Waals surface area contributed by atoms with E-state index in [0.29, 0.717) is 11.5 Å². The Kier molecular flexibility index (Phi) is 3.46. The Balaban J connectivity index is 1.87. The van der Waals surface area contributed by atoms with E-state index in [1.54, 1.807) is 25.6 Å². The van der Waals surface area contributed by atoms with Gasteiger partial charge in [0.2, 0.25) is 0 Å². The normalized spacial score (nSPS) is 10.9. The highest BCUT2D eigenvalue weighted by molar-refractivity contribution is 6.11. The quantitative estimate of drug-likeness (QED) is 0.527. The molecule has 4 aromatic rings. The Morgan fingerprint density at radius 1 is 1.16 bits per heavy atom. The number of nitrogens with zero attached hydrogens (tertiary/aromatic N) is 2. The summed E-state index contributed by atoms with van der Waals surface area (Å²) in [6, 6.07) is 10.9. The summed E-state index contributed by atoms with van der Waals surface area (Å²) >= 11 is 0. The first-order valence-electron chi connectivity index (χ1n) is 7.56. The van der Waals surface area contributed by atoms with Gasteiger partial charge in [-0.05, 0) is 36.4 Å². The summed E-state index contributed by atoms with van der Waals surface area (Å²) in [7, 11) is 1.61. The van der Waals surface area contributed by atoms with Gasteiger partial charge in [0.05, 0.1) is 7.11 Å². The lowest BCUT2D eigenvalue weighted by Crippen LogP contribution is -1.97. The standard InChI is InChI=1S/C18H14N4O3/c1-25-11-4-2-10(3-5-11)20-16-12-6-7-19-9-14(12)13-8-15(18(23)24)21-17(13)22-16/h2-9H,1H3,(H,23,24)(H2,20,21,22). The predicted molar refractivity (Wildman–Crippen MR) is 94.6 cm³/mol. The van der Waals surface area contributed by atoms with Crippen LogP contribution in [0.15, 0.2) is 48.8 Å². The molecular formula is C18H14N4O3. The first-order valence-corrected chi connectivity index (χ1v) is 7.56. The molecule has 0 saturated carbocycles. The van der Waals surface area contributed by atoms with E-state index in [0.717, 1.165) is 27.6 Å². The highest BCUT2D eigenvalue weighted by atomic mass is 16.5. The van der Waals surface area contributed by atoms with Crippen molar-refractivity contribution >= 4 is 39.3 Å². The molecule has 0 bridgehead atoms. The summed E-state index contributed by atoms with van der Waals surface area (Å²) < 4.78 is 5.16. The molecule has 3 N–H and O–H groups in total. The molecule has 1 aromatic carbocycles. The molecule has 0 spiro atoms. The van der Waals surface area contributed by atoms with Crippen molar-refractivity contribution in [1.29, 1.82) is 0 Å². The van der Waals surface area contributed by atoms with E-state index in [9.17, 15) is 9.90 Å². The number of nitrogens with one attached hydrogen (secondary N) is 2. The molecule has 7 nitrogen and oxygen atoms in total. The molecule has 0 fully saturated rings. The number of hydrogen-bond donors (Lipinski definition) is 3. The number of aromatic nitrogens is 3. The Labute approximate surface area is 142 Å². The number of carbonyl (C=O) groups is 1. The number of rotatable bonds is 4. The summed E-state index contributed by atoms with van der Waals surface area (Å²) in [6.07, 6.45) is 3.39. The molecule has 25 heavy (non-hydrogen) atoms. The first-order chi connectivity index (χ1) is 12.2. The van der Waals surface area contributed by atoms with Crippen molar-refractivity contribution in [2.24, 2.45) is 0 Å². The number of fused-ring (bicyclic) bond motifs is 3. The van der Waals surface area contributed by atoms with Crippen LogP contribution in [0.5, 0.6) is 5.75 Å². The average Bonchev–Trinajstić information content (AvgIpc) is 3.07. The van der Waals surface area contributed by atoms with Crippen molar-refractivity contribution in [3.05, 3.63) is 54.5 Å². The lowest BCUT2D eigenvalue weighted by atomic mass is 10.1. The Morgan fingerprint density at radius 2 is 1.96 bits per heavy atom. The number of H-pyrrole nitrogens is 1. The number of aromatic amines is 1. The van der Waals surface area contributed by atoms with Gasteiger partial charge in [0.15, 0.2) is 0 Å². The van der Waals surface area contributed by atoms with Gasteiger partial charge in [0.25, 0.3) is 0 Å². The molecule has 124 valence electrons. The molecule has 0 aliphatic heterocycles. The second kappa shape index (κ2) is 5.79. The van der Waals surface area contributed by atoms with Crippen LogP contribution in [0.3, 0.4) is 0 Å². The fraction of sp³-hybridized carbons (Fsp3) is 0.0556. The number of carboxylic acid groups (broad SMARTS) is 1. The highest BCUT2D eigenvalue weighted by Gasteiger charge is 2.14. The maximum atomic E-state index is 11.2. The molecule has 0 aliphatic rings. The maximum Gasteiger partial charge on any atom is 0.352 e. The lowest BCUT2D eigenvalue weighted by molar-refractivity contribution is 0.0691. The molecule has 0 atom stereocenters. The van der Waals surface area contributed by atoms with Gasteiger partial charge >= 0.3 is 5.97 Å². The predicted octanol–water partition coefficient (Wildman–Crippen LogP) is 3.56. The van der Waals surface area contributed by atoms with Crippen molar-refractivity contribution in [2.45, 2.75) is 0 Å². The van der Waals surface area contributed by atoms with E-state index in [1.807, 2.05) is 30.3 Å². The van der Waals surface area contributed by atoms with Crippen LogP contribution >= 0.6 is 0 Å². The summed E-state index contributed by atoms with van der Waals surface area (Å²) in [4.78, 5) is 22.8. The maximum absolute atomic E-state index is 11.2. The number of methoxy groups -OCH3 is 1. The number of hydrogen-bond acceptors (Lipinski definition) is 5. The van der Waals surface area contributed by atoms with Gasteiger partial charge in [0, 0.05) is 34.2 Å². The molecular weight excluding hydrogens is 320 g/mol. The topological polar surface area (TPSA) is 100 Å². The Bertz CT molecular complexity index is 1090. The number of benzene rings is 1. The van der Waals surface area contributed by atoms with Crippen LogP contribution in [0.2, 0.25) is 0 Å². The fourth-order valence-corrected chi connectivity index (χ4v) is 2.75. The minimum absolute atomic E-state index is 0.0919. The smallest absolute Gasteiger partial charge is 0.352 e. The van der Waals surface area contributed by atoms with Gasteiger partial charge in [-0.15, -0.1) is 0 Å². The van der Waals surface area contributed by atoms with Crippen molar-refractivity contribution in [2.75, 3.05) is 12.4 Å². The minimum atomic E-state index is -1.03. The third-order valence-corrected chi connectivity index (χ3v) is 3.97. The van der Waals surface area contributed by atoms with Gasteiger partial charge in [-0.3, -0.25) is 4.98 Å². The van der Waals surface area contributed by atoms with E-state index in [2.05, 4.69) is 20.3 Å². The zero-order chi connectivity index (χ0) is 17.4. The number of pyridine rings is 2. The molecule has 0 aliphatic carbocycles. The molecule has 0 unspecified atom stereocenters. The van der Waals surface area contributed by atoms with Crippen LogP contribution in [0.25, 0.3) is 21.8 Å². The summed E-state index contributed by atoms with van der Waals surface area (Å²) in [5, 5.41) is 14.9. The van der Waals surface area contributed by atoms with Crippen LogP contribution in [0, 0.1) is 0 Å².